The Morgan fingerprint density at radius 2 is 1.95 bits per heavy atom. The van der Waals surface area contributed by atoms with Crippen LogP contribution in [-0.2, 0) is 13.6 Å². The number of hydrogen-bond acceptors (Lipinski definition) is 3. The molecule has 3 N–H and O–H groups in total. The summed E-state index contributed by atoms with van der Waals surface area (Å²) in [6, 6.07) is 8.74. The average molecular weight is 274 g/mol. The van der Waals surface area contributed by atoms with E-state index in [1.54, 1.807) is 35.1 Å². The second kappa shape index (κ2) is 5.62. The number of nitrogens with one attached hydrogen (secondary N) is 1. The number of nitrogens with two attached hydrogens (primary N) is 1. The van der Waals surface area contributed by atoms with Crippen LogP contribution < -0.4 is 11.1 Å². The molecule has 0 saturated carbocycles. The molecule has 0 aliphatic heterocycles. The lowest BCUT2D eigenvalue weighted by Gasteiger charge is -2.06. The van der Waals surface area contributed by atoms with Crippen LogP contribution in [0.15, 0.2) is 36.5 Å². The summed E-state index contributed by atoms with van der Waals surface area (Å²) in [5, 5.41) is 6.86. The standard InChI is InChI=1S/C13H14N4OS/c1-17-11(6-7-16-17)8-15-13(18)10-4-2-9(3-5-10)12(14)19/h2-7H,8H2,1H3,(H2,14,19)(H,15,18). The lowest BCUT2D eigenvalue weighted by atomic mass is 10.1. The predicted octanol–water partition coefficient (Wildman–Crippen LogP) is 0.984. The predicted molar refractivity (Wildman–Crippen MR) is 76.7 cm³/mol. The van der Waals surface area contributed by atoms with Gasteiger partial charge in [0.25, 0.3) is 5.91 Å². The molecule has 0 bridgehead atoms. The Labute approximate surface area is 116 Å². The maximum Gasteiger partial charge on any atom is 0.251 e. The summed E-state index contributed by atoms with van der Waals surface area (Å²) in [4.78, 5) is 12.2. The number of benzene rings is 1. The minimum atomic E-state index is -0.143. The van der Waals surface area contributed by atoms with Gasteiger partial charge in [0.2, 0.25) is 0 Å². The van der Waals surface area contributed by atoms with E-state index in [0.717, 1.165) is 11.3 Å². The zero-order chi connectivity index (χ0) is 13.8. The van der Waals surface area contributed by atoms with Crippen molar-refractivity contribution in [3.05, 3.63) is 53.3 Å². The highest BCUT2D eigenvalue weighted by Gasteiger charge is 2.07. The van der Waals surface area contributed by atoms with Gasteiger partial charge >= 0.3 is 0 Å². The first-order valence-electron chi connectivity index (χ1n) is 5.73. The number of hydrogen-bond donors (Lipinski definition) is 2. The fourth-order valence-electron chi connectivity index (χ4n) is 1.63. The van der Waals surface area contributed by atoms with E-state index in [4.69, 9.17) is 18.0 Å². The first kappa shape index (κ1) is 13.2. The summed E-state index contributed by atoms with van der Waals surface area (Å²) in [5.41, 5.74) is 7.76. The molecule has 2 aromatic rings. The van der Waals surface area contributed by atoms with E-state index in [2.05, 4.69) is 10.4 Å². The van der Waals surface area contributed by atoms with E-state index in [9.17, 15) is 4.79 Å². The highest BCUT2D eigenvalue weighted by Crippen LogP contribution is 2.05. The van der Waals surface area contributed by atoms with Crippen LogP contribution >= 0.6 is 12.2 Å². The number of thiocarbonyl (C=S) groups is 1. The van der Waals surface area contributed by atoms with Crippen molar-refractivity contribution in [2.45, 2.75) is 6.54 Å². The SMILES string of the molecule is Cn1nccc1CNC(=O)c1ccc(C(N)=S)cc1. The van der Waals surface area contributed by atoms with Crippen molar-refractivity contribution in [1.82, 2.24) is 15.1 Å². The monoisotopic (exact) mass is 274 g/mol. The molecule has 0 aliphatic rings. The molecule has 0 spiro atoms. The Kier molecular flexibility index (Phi) is 3.91. The average Bonchev–Trinajstić information content (AvgIpc) is 2.81. The minimum Gasteiger partial charge on any atom is -0.389 e. The Morgan fingerprint density at radius 1 is 1.32 bits per heavy atom. The Bertz CT molecular complexity index is 603. The van der Waals surface area contributed by atoms with E-state index in [1.165, 1.54) is 0 Å². The molecule has 2 rings (SSSR count). The summed E-state index contributed by atoms with van der Waals surface area (Å²) >= 11 is 4.86. The number of nitrogens with zero attached hydrogens (tertiary/aromatic N) is 2. The third-order valence-corrected chi connectivity index (χ3v) is 3.02. The number of aryl methyl sites for hydroxylation is 1. The van der Waals surface area contributed by atoms with E-state index >= 15 is 0 Å². The highest BCUT2D eigenvalue weighted by molar-refractivity contribution is 7.80. The molecule has 0 aliphatic carbocycles. The van der Waals surface area contributed by atoms with Crippen molar-refractivity contribution in [1.29, 1.82) is 0 Å². The van der Waals surface area contributed by atoms with Crippen molar-refractivity contribution >= 4 is 23.1 Å². The molecule has 6 heteroatoms. The van der Waals surface area contributed by atoms with Gasteiger partial charge in [-0.25, -0.2) is 0 Å². The molecular weight excluding hydrogens is 260 g/mol. The van der Waals surface area contributed by atoms with E-state index in [1.807, 2.05) is 13.1 Å². The van der Waals surface area contributed by atoms with Crippen LogP contribution in [0, 0.1) is 0 Å². The summed E-state index contributed by atoms with van der Waals surface area (Å²) in [6.07, 6.45) is 1.69. The van der Waals surface area contributed by atoms with Gasteiger partial charge in [0.05, 0.1) is 12.2 Å². The van der Waals surface area contributed by atoms with Crippen molar-refractivity contribution in [2.24, 2.45) is 12.8 Å². The summed E-state index contributed by atoms with van der Waals surface area (Å²) in [7, 11) is 1.83. The Hall–Kier alpha value is -2.21. The Morgan fingerprint density at radius 3 is 2.47 bits per heavy atom. The third kappa shape index (κ3) is 3.17. The number of rotatable bonds is 4. The minimum absolute atomic E-state index is 0.143. The molecule has 0 atom stereocenters. The first-order valence-corrected chi connectivity index (χ1v) is 6.13. The summed E-state index contributed by atoms with van der Waals surface area (Å²) < 4.78 is 1.72. The molecule has 1 aromatic carbocycles. The van der Waals surface area contributed by atoms with Crippen molar-refractivity contribution < 1.29 is 4.79 Å². The lowest BCUT2D eigenvalue weighted by Crippen LogP contribution is -2.24. The van der Waals surface area contributed by atoms with Crippen LogP contribution in [-0.4, -0.2) is 20.7 Å². The second-order valence-electron chi connectivity index (χ2n) is 4.07. The zero-order valence-electron chi connectivity index (χ0n) is 10.5. The molecular formula is C13H14N4OS. The van der Waals surface area contributed by atoms with E-state index in [0.29, 0.717) is 17.1 Å². The maximum absolute atomic E-state index is 11.9. The molecule has 0 radical (unpaired) electrons. The van der Waals surface area contributed by atoms with Gasteiger partial charge in [-0.3, -0.25) is 9.48 Å². The van der Waals surface area contributed by atoms with Crippen LogP contribution in [0.25, 0.3) is 0 Å². The van der Waals surface area contributed by atoms with Gasteiger partial charge in [0.15, 0.2) is 0 Å². The highest BCUT2D eigenvalue weighted by atomic mass is 32.1. The summed E-state index contributed by atoms with van der Waals surface area (Å²) in [5.74, 6) is -0.143. The quantitative estimate of drug-likeness (QED) is 0.815. The van der Waals surface area contributed by atoms with E-state index in [-0.39, 0.29) is 5.91 Å². The maximum atomic E-state index is 11.9. The molecule has 1 aromatic heterocycles. The number of amides is 1. The molecule has 1 amide bonds. The van der Waals surface area contributed by atoms with Gasteiger partial charge in [0, 0.05) is 24.4 Å². The van der Waals surface area contributed by atoms with Crippen molar-refractivity contribution in [3.8, 4) is 0 Å². The van der Waals surface area contributed by atoms with Gasteiger partial charge in [0.1, 0.15) is 4.99 Å². The van der Waals surface area contributed by atoms with Crippen molar-refractivity contribution in [2.75, 3.05) is 0 Å². The fourth-order valence-corrected chi connectivity index (χ4v) is 1.77. The van der Waals surface area contributed by atoms with Crippen molar-refractivity contribution in [3.63, 3.8) is 0 Å². The molecule has 1 heterocycles. The van der Waals surface area contributed by atoms with E-state index < -0.39 is 0 Å². The second-order valence-corrected chi connectivity index (χ2v) is 4.51. The van der Waals surface area contributed by atoms with Gasteiger partial charge in [-0.2, -0.15) is 5.10 Å². The topological polar surface area (TPSA) is 72.9 Å². The van der Waals surface area contributed by atoms with Crippen LogP contribution in [0.3, 0.4) is 0 Å². The molecule has 19 heavy (non-hydrogen) atoms. The van der Waals surface area contributed by atoms with Crippen LogP contribution in [0.4, 0.5) is 0 Å². The molecule has 0 saturated heterocycles. The van der Waals surface area contributed by atoms with Crippen LogP contribution in [0.2, 0.25) is 0 Å². The van der Waals surface area contributed by atoms with Gasteiger partial charge in [-0.05, 0) is 18.2 Å². The fraction of sp³-hybridized carbons (Fsp3) is 0.154. The zero-order valence-corrected chi connectivity index (χ0v) is 11.3. The van der Waals surface area contributed by atoms with Gasteiger partial charge in [-0.15, -0.1) is 0 Å². The van der Waals surface area contributed by atoms with Gasteiger partial charge in [-0.1, -0.05) is 24.4 Å². The molecule has 0 unspecified atom stereocenters. The molecule has 5 nitrogen and oxygen atoms in total. The lowest BCUT2D eigenvalue weighted by molar-refractivity contribution is 0.0950. The third-order valence-electron chi connectivity index (χ3n) is 2.78. The number of carbonyl (C=O) groups is 1. The molecule has 98 valence electrons. The largest absolute Gasteiger partial charge is 0.389 e. The Balaban J connectivity index is 2.00. The molecule has 0 fully saturated rings. The normalized spacial score (nSPS) is 10.2. The van der Waals surface area contributed by atoms with Crippen LogP contribution in [0.5, 0.6) is 0 Å². The van der Waals surface area contributed by atoms with Gasteiger partial charge < -0.3 is 11.1 Å². The number of carbonyl (C=O) groups excluding carboxylic acids is 1. The number of aromatic nitrogens is 2. The smallest absolute Gasteiger partial charge is 0.251 e. The summed E-state index contributed by atoms with van der Waals surface area (Å²) in [6.45, 7) is 0.437. The van der Waals surface area contributed by atoms with Crippen LogP contribution in [0.1, 0.15) is 21.6 Å². The first-order chi connectivity index (χ1) is 9.08.